The van der Waals surface area contributed by atoms with E-state index in [-0.39, 0.29) is 12.4 Å². The number of nitrogens with zero attached hydrogens (tertiary/aromatic N) is 6. The molecule has 0 fully saturated rings. The normalized spacial score (nSPS) is 12.7. The van der Waals surface area contributed by atoms with Crippen LogP contribution in [0, 0.1) is 19.7 Å². The first-order valence-corrected chi connectivity index (χ1v) is 10.8. The van der Waals surface area contributed by atoms with Gasteiger partial charge in [-0.25, -0.2) is 29.3 Å². The number of hydrogen-bond donors (Lipinski definition) is 1. The van der Waals surface area contributed by atoms with E-state index in [4.69, 9.17) is 9.15 Å². The molecule has 0 unspecified atom stereocenters. The number of aryl methyl sites for hydroxylation is 2. The number of hydrogen-bond acceptors (Lipinski definition) is 8. The third-order valence-corrected chi connectivity index (χ3v) is 5.96. The van der Waals surface area contributed by atoms with Crippen molar-refractivity contribution in [3.8, 4) is 28.5 Å². The fraction of sp³-hybridized carbons (Fsp3) is 0.208. The number of halogens is 1. The van der Waals surface area contributed by atoms with Gasteiger partial charge in [0.15, 0.2) is 5.69 Å². The second-order valence-corrected chi connectivity index (χ2v) is 8.02. The third-order valence-electron chi connectivity index (χ3n) is 5.96. The number of nitrogens with one attached hydrogen (secondary N) is 1. The lowest BCUT2D eigenvalue weighted by Gasteiger charge is -2.14. The summed E-state index contributed by atoms with van der Waals surface area (Å²) in [6.07, 6.45) is 8.91. The summed E-state index contributed by atoms with van der Waals surface area (Å²) >= 11 is 0. The van der Waals surface area contributed by atoms with E-state index in [1.54, 1.807) is 31.0 Å². The van der Waals surface area contributed by atoms with Gasteiger partial charge in [0.25, 0.3) is 0 Å². The summed E-state index contributed by atoms with van der Waals surface area (Å²) in [6.45, 7) is 4.58. The molecule has 10 heteroatoms. The Labute approximate surface area is 193 Å². The van der Waals surface area contributed by atoms with Gasteiger partial charge < -0.3 is 14.5 Å². The van der Waals surface area contributed by atoms with Gasteiger partial charge in [-0.3, -0.25) is 4.40 Å². The first kappa shape index (κ1) is 20.3. The van der Waals surface area contributed by atoms with Crippen LogP contribution in [0.25, 0.3) is 28.2 Å². The molecule has 0 aliphatic carbocycles. The number of imidazole rings is 1. The van der Waals surface area contributed by atoms with E-state index in [9.17, 15) is 4.39 Å². The number of anilines is 1. The Kier molecular flexibility index (Phi) is 4.72. The van der Waals surface area contributed by atoms with Crippen LogP contribution in [0.1, 0.15) is 22.6 Å². The van der Waals surface area contributed by atoms with Gasteiger partial charge >= 0.3 is 0 Å². The lowest BCUT2D eigenvalue weighted by molar-refractivity contribution is 0.356. The van der Waals surface area contributed by atoms with Crippen molar-refractivity contribution in [3.63, 3.8) is 0 Å². The number of aromatic nitrogens is 6. The summed E-state index contributed by atoms with van der Waals surface area (Å²) in [5, 5.41) is 3.27. The number of benzene rings is 1. The average molecular weight is 457 g/mol. The van der Waals surface area contributed by atoms with Crippen molar-refractivity contribution in [3.05, 3.63) is 71.8 Å². The van der Waals surface area contributed by atoms with E-state index in [0.717, 1.165) is 33.7 Å². The molecular formula is C24H20FN7O2. The number of ether oxygens (including phenoxy) is 1. The molecule has 0 spiro atoms. The Morgan fingerprint density at radius 1 is 1.09 bits per heavy atom. The van der Waals surface area contributed by atoms with Gasteiger partial charge in [0.05, 0.1) is 18.3 Å². The SMILES string of the molecule is Cc1ncc(-c2cnc(NCc3c(F)ccc4c3CCO4)n3cnc(-c4ncco4)c23)c(C)n1. The summed E-state index contributed by atoms with van der Waals surface area (Å²) in [5.41, 5.74) is 5.19. The zero-order chi connectivity index (χ0) is 23.2. The van der Waals surface area contributed by atoms with Crippen LogP contribution in [0.5, 0.6) is 5.75 Å². The molecule has 6 rings (SSSR count). The topological polar surface area (TPSA) is 103 Å². The van der Waals surface area contributed by atoms with Gasteiger partial charge in [0.2, 0.25) is 11.8 Å². The molecule has 4 aromatic heterocycles. The third kappa shape index (κ3) is 3.26. The molecule has 1 aromatic carbocycles. The van der Waals surface area contributed by atoms with E-state index in [2.05, 4.69) is 30.2 Å². The van der Waals surface area contributed by atoms with E-state index < -0.39 is 0 Å². The van der Waals surface area contributed by atoms with Crippen LogP contribution in [0.3, 0.4) is 0 Å². The Morgan fingerprint density at radius 3 is 2.79 bits per heavy atom. The Morgan fingerprint density at radius 2 is 1.97 bits per heavy atom. The summed E-state index contributed by atoms with van der Waals surface area (Å²) in [4.78, 5) is 22.3. The van der Waals surface area contributed by atoms with Gasteiger partial charge in [0.1, 0.15) is 30.0 Å². The molecule has 1 aliphatic rings. The zero-order valence-corrected chi connectivity index (χ0v) is 18.5. The molecule has 34 heavy (non-hydrogen) atoms. The molecule has 0 radical (unpaired) electrons. The van der Waals surface area contributed by atoms with Crippen molar-refractivity contribution in [2.45, 2.75) is 26.8 Å². The average Bonchev–Trinajstić information content (AvgIpc) is 3.58. The van der Waals surface area contributed by atoms with Crippen molar-refractivity contribution >= 4 is 11.5 Å². The van der Waals surface area contributed by atoms with E-state index in [0.29, 0.717) is 41.9 Å². The predicted molar refractivity (Wildman–Crippen MR) is 122 cm³/mol. The van der Waals surface area contributed by atoms with Crippen LogP contribution in [0.15, 0.2) is 47.7 Å². The van der Waals surface area contributed by atoms with Crippen molar-refractivity contribution in [1.29, 1.82) is 0 Å². The van der Waals surface area contributed by atoms with Crippen LogP contribution < -0.4 is 10.1 Å². The fourth-order valence-corrected chi connectivity index (χ4v) is 4.36. The molecule has 1 N–H and O–H groups in total. The van der Waals surface area contributed by atoms with Crippen LogP contribution in [0.4, 0.5) is 10.3 Å². The minimum absolute atomic E-state index is 0.249. The van der Waals surface area contributed by atoms with E-state index >= 15 is 0 Å². The molecule has 0 saturated heterocycles. The van der Waals surface area contributed by atoms with Gasteiger partial charge in [0, 0.05) is 53.3 Å². The Balaban J connectivity index is 1.47. The lowest BCUT2D eigenvalue weighted by atomic mass is 10.0. The summed E-state index contributed by atoms with van der Waals surface area (Å²) in [6, 6.07) is 3.11. The minimum atomic E-state index is -0.275. The predicted octanol–water partition coefficient (Wildman–Crippen LogP) is 4.14. The van der Waals surface area contributed by atoms with Gasteiger partial charge in [-0.05, 0) is 26.0 Å². The molecule has 1 aliphatic heterocycles. The molecule has 5 aromatic rings. The van der Waals surface area contributed by atoms with Crippen LogP contribution in [0.2, 0.25) is 0 Å². The van der Waals surface area contributed by atoms with E-state index in [1.165, 1.54) is 12.3 Å². The largest absolute Gasteiger partial charge is 0.493 e. The second kappa shape index (κ2) is 7.91. The molecular weight excluding hydrogens is 437 g/mol. The monoisotopic (exact) mass is 457 g/mol. The highest BCUT2D eigenvalue weighted by atomic mass is 19.1. The lowest BCUT2D eigenvalue weighted by Crippen LogP contribution is -2.10. The molecule has 0 saturated carbocycles. The minimum Gasteiger partial charge on any atom is -0.493 e. The quantitative estimate of drug-likeness (QED) is 0.420. The van der Waals surface area contributed by atoms with Crippen molar-refractivity contribution < 1.29 is 13.5 Å². The Bertz CT molecular complexity index is 1530. The standard InChI is InChI=1S/C24H20FN7O2/c1-13-16(9-27-14(2)31-13)18-11-29-24(32-12-30-21(22(18)32)23-26-6-8-34-23)28-10-17-15-5-7-33-20(15)4-3-19(17)25/h3-4,6,8-9,11-12H,5,7,10H2,1-2H3,(H,28,29). The number of fused-ring (bicyclic) bond motifs is 2. The highest BCUT2D eigenvalue weighted by molar-refractivity contribution is 5.90. The second-order valence-electron chi connectivity index (χ2n) is 8.02. The molecule has 0 amide bonds. The molecule has 0 bridgehead atoms. The summed E-state index contributed by atoms with van der Waals surface area (Å²) < 4.78 is 27.6. The molecule has 170 valence electrons. The number of oxazole rings is 1. The maximum absolute atomic E-state index is 14.6. The first-order valence-electron chi connectivity index (χ1n) is 10.8. The van der Waals surface area contributed by atoms with Crippen LogP contribution in [-0.4, -0.2) is 35.9 Å². The van der Waals surface area contributed by atoms with Crippen molar-refractivity contribution in [2.24, 2.45) is 0 Å². The van der Waals surface area contributed by atoms with Gasteiger partial charge in [-0.2, -0.15) is 0 Å². The fourth-order valence-electron chi connectivity index (χ4n) is 4.36. The molecule has 5 heterocycles. The van der Waals surface area contributed by atoms with E-state index in [1.807, 2.05) is 18.2 Å². The van der Waals surface area contributed by atoms with Crippen LogP contribution >= 0.6 is 0 Å². The first-order chi connectivity index (χ1) is 16.6. The van der Waals surface area contributed by atoms with Gasteiger partial charge in [-0.15, -0.1) is 0 Å². The molecule has 0 atom stereocenters. The maximum Gasteiger partial charge on any atom is 0.247 e. The zero-order valence-electron chi connectivity index (χ0n) is 18.5. The summed E-state index contributed by atoms with van der Waals surface area (Å²) in [7, 11) is 0. The smallest absolute Gasteiger partial charge is 0.247 e. The molecule has 9 nitrogen and oxygen atoms in total. The highest BCUT2D eigenvalue weighted by Gasteiger charge is 2.22. The van der Waals surface area contributed by atoms with Gasteiger partial charge in [-0.1, -0.05) is 0 Å². The van der Waals surface area contributed by atoms with Crippen LogP contribution in [-0.2, 0) is 13.0 Å². The Hall–Kier alpha value is -4.34. The summed E-state index contributed by atoms with van der Waals surface area (Å²) in [5.74, 6) is 2.03. The van der Waals surface area contributed by atoms with Crippen molar-refractivity contribution in [2.75, 3.05) is 11.9 Å². The maximum atomic E-state index is 14.6. The number of rotatable bonds is 5. The van der Waals surface area contributed by atoms with Crippen molar-refractivity contribution in [1.82, 2.24) is 29.3 Å². The highest BCUT2D eigenvalue weighted by Crippen LogP contribution is 2.34.